The van der Waals surface area contributed by atoms with Crippen LogP contribution in [0.4, 0.5) is 0 Å². The van der Waals surface area contributed by atoms with E-state index in [2.05, 4.69) is 20.9 Å². The Balaban J connectivity index is 5.51. The van der Waals surface area contributed by atoms with Crippen LogP contribution in [0.2, 0.25) is 0 Å². The molecule has 0 fully saturated rings. The molecule has 0 radical (unpaired) electrons. The molecule has 0 bridgehead atoms. The molecule has 12 N–H and O–H groups in total. The van der Waals surface area contributed by atoms with Crippen LogP contribution in [-0.2, 0) is 24.0 Å². The van der Waals surface area contributed by atoms with E-state index in [-0.39, 0.29) is 30.8 Å². The molecule has 6 unspecified atom stereocenters. The van der Waals surface area contributed by atoms with Crippen LogP contribution >= 0.6 is 0 Å². The van der Waals surface area contributed by atoms with E-state index in [0.29, 0.717) is 19.3 Å². The van der Waals surface area contributed by atoms with Crippen molar-refractivity contribution in [1.82, 2.24) is 16.0 Å². The van der Waals surface area contributed by atoms with Gasteiger partial charge in [0.15, 0.2) is 5.96 Å². The Morgan fingerprint density at radius 1 is 0.833 bits per heavy atom. The number of guanidine groups is 1. The van der Waals surface area contributed by atoms with Crippen molar-refractivity contribution < 1.29 is 29.1 Å². The summed E-state index contributed by atoms with van der Waals surface area (Å²) in [5, 5.41) is 16.9. The third kappa shape index (κ3) is 11.8. The molecule has 206 valence electrons. The molecule has 0 aromatic heterocycles. The standard InChI is InChI=1S/C22H42N8O6/c1-5-11(3)16(20(34)30-17(21(35)36)12(4)6-2)29-19(33)14(10-15(24)31)28-18(32)13(23)8-7-9-27-22(25)26/h11-14,16-17H,5-10,23H2,1-4H3,(H2,24,31)(H,28,32)(H,29,33)(H,30,34)(H,35,36)(H4,25,26,27). The van der Waals surface area contributed by atoms with Crippen molar-refractivity contribution in [3.63, 3.8) is 0 Å². The number of carboxylic acid groups (broad SMARTS) is 1. The number of amides is 4. The van der Waals surface area contributed by atoms with Gasteiger partial charge in [0.05, 0.1) is 12.5 Å². The van der Waals surface area contributed by atoms with E-state index in [0.717, 1.165) is 0 Å². The Hall–Kier alpha value is -3.42. The predicted molar refractivity (Wildman–Crippen MR) is 134 cm³/mol. The summed E-state index contributed by atoms with van der Waals surface area (Å²) < 4.78 is 0. The van der Waals surface area contributed by atoms with Crippen molar-refractivity contribution in [3.05, 3.63) is 0 Å². The van der Waals surface area contributed by atoms with E-state index >= 15 is 0 Å². The van der Waals surface area contributed by atoms with Crippen LogP contribution in [0.3, 0.4) is 0 Å². The van der Waals surface area contributed by atoms with Gasteiger partial charge in [0.25, 0.3) is 0 Å². The maximum Gasteiger partial charge on any atom is 0.326 e. The van der Waals surface area contributed by atoms with Gasteiger partial charge in [0, 0.05) is 6.54 Å². The third-order valence-corrected chi connectivity index (χ3v) is 5.91. The number of nitrogens with two attached hydrogens (primary N) is 4. The first-order valence-electron chi connectivity index (χ1n) is 12.0. The third-order valence-electron chi connectivity index (χ3n) is 5.91. The van der Waals surface area contributed by atoms with Gasteiger partial charge in [-0.05, 0) is 24.7 Å². The first kappa shape index (κ1) is 32.6. The average molecular weight is 515 g/mol. The number of aliphatic imine (C=N–C) groups is 1. The molecule has 14 heteroatoms. The molecule has 0 aromatic carbocycles. The quantitative estimate of drug-likeness (QED) is 0.0598. The molecule has 6 atom stereocenters. The molecule has 0 heterocycles. The van der Waals surface area contributed by atoms with Crippen LogP contribution in [0.15, 0.2) is 4.99 Å². The van der Waals surface area contributed by atoms with E-state index in [9.17, 15) is 29.1 Å². The number of rotatable bonds is 17. The number of primary amides is 1. The van der Waals surface area contributed by atoms with E-state index in [1.54, 1.807) is 27.7 Å². The van der Waals surface area contributed by atoms with Crippen molar-refractivity contribution in [2.45, 2.75) is 84.0 Å². The Bertz CT molecular complexity index is 801. The highest BCUT2D eigenvalue weighted by atomic mass is 16.4. The lowest BCUT2D eigenvalue weighted by Gasteiger charge is -2.29. The fourth-order valence-corrected chi connectivity index (χ4v) is 3.22. The topological polar surface area (TPSA) is 258 Å². The molecule has 0 spiro atoms. The number of nitrogens with one attached hydrogen (secondary N) is 3. The number of hydrogen-bond donors (Lipinski definition) is 8. The highest BCUT2D eigenvalue weighted by molar-refractivity contribution is 5.96. The van der Waals surface area contributed by atoms with Gasteiger partial charge in [0.2, 0.25) is 23.6 Å². The zero-order chi connectivity index (χ0) is 28.0. The molecule has 4 amide bonds. The van der Waals surface area contributed by atoms with Crippen molar-refractivity contribution in [2.24, 2.45) is 39.8 Å². The van der Waals surface area contributed by atoms with Crippen LogP contribution in [0, 0.1) is 11.8 Å². The van der Waals surface area contributed by atoms with Gasteiger partial charge in [-0.1, -0.05) is 40.5 Å². The van der Waals surface area contributed by atoms with Crippen LogP contribution in [0.25, 0.3) is 0 Å². The minimum Gasteiger partial charge on any atom is -0.480 e. The van der Waals surface area contributed by atoms with E-state index in [1.807, 2.05) is 0 Å². The first-order valence-corrected chi connectivity index (χ1v) is 12.0. The summed E-state index contributed by atoms with van der Waals surface area (Å²) >= 11 is 0. The van der Waals surface area contributed by atoms with Gasteiger partial charge in [-0.3, -0.25) is 24.2 Å². The molecular weight excluding hydrogens is 472 g/mol. The normalized spacial score (nSPS) is 15.8. The highest BCUT2D eigenvalue weighted by Gasteiger charge is 2.34. The number of carbonyl (C=O) groups excluding carboxylic acids is 4. The van der Waals surface area contributed by atoms with Crippen molar-refractivity contribution in [3.8, 4) is 0 Å². The second kappa shape index (κ2) is 16.3. The Morgan fingerprint density at radius 3 is 1.83 bits per heavy atom. The fourth-order valence-electron chi connectivity index (χ4n) is 3.22. The van der Waals surface area contributed by atoms with Crippen LogP contribution in [0.1, 0.15) is 59.8 Å². The molecule has 0 aliphatic heterocycles. The summed E-state index contributed by atoms with van der Waals surface area (Å²) in [6, 6.07) is -4.66. The van der Waals surface area contributed by atoms with Crippen molar-refractivity contribution >= 4 is 35.6 Å². The lowest BCUT2D eigenvalue weighted by Crippen LogP contribution is -2.59. The highest BCUT2D eigenvalue weighted by Crippen LogP contribution is 2.13. The first-order chi connectivity index (χ1) is 16.7. The average Bonchev–Trinajstić information content (AvgIpc) is 2.80. The van der Waals surface area contributed by atoms with Crippen LogP contribution in [-0.4, -0.2) is 71.4 Å². The minimum atomic E-state index is -1.39. The second-order valence-corrected chi connectivity index (χ2v) is 8.87. The molecule has 0 saturated carbocycles. The lowest BCUT2D eigenvalue weighted by molar-refractivity contribution is -0.144. The monoisotopic (exact) mass is 514 g/mol. The SMILES string of the molecule is CCC(C)C(NC(=O)C(NC(=O)C(CC(N)=O)NC(=O)C(N)CCCN=C(N)N)C(C)CC)C(=O)O. The van der Waals surface area contributed by atoms with Gasteiger partial charge in [-0.15, -0.1) is 0 Å². The summed E-state index contributed by atoms with van der Waals surface area (Å²) in [5.74, 6) is -5.10. The lowest BCUT2D eigenvalue weighted by atomic mass is 9.95. The Morgan fingerprint density at radius 2 is 1.36 bits per heavy atom. The largest absolute Gasteiger partial charge is 0.480 e. The number of hydrogen-bond acceptors (Lipinski definition) is 7. The van der Waals surface area contributed by atoms with Crippen LogP contribution in [0.5, 0.6) is 0 Å². The molecule has 14 nitrogen and oxygen atoms in total. The number of nitrogens with zero attached hydrogens (tertiary/aromatic N) is 1. The Labute approximate surface area is 211 Å². The maximum atomic E-state index is 13.0. The predicted octanol–water partition coefficient (Wildman–Crippen LogP) is -2.13. The molecule has 0 saturated heterocycles. The zero-order valence-electron chi connectivity index (χ0n) is 21.5. The van der Waals surface area contributed by atoms with Crippen molar-refractivity contribution in [1.29, 1.82) is 0 Å². The minimum absolute atomic E-state index is 0.0926. The fraction of sp³-hybridized carbons (Fsp3) is 0.727. The van der Waals surface area contributed by atoms with Gasteiger partial charge < -0.3 is 44.0 Å². The van der Waals surface area contributed by atoms with E-state index < -0.39 is 60.2 Å². The summed E-state index contributed by atoms with van der Waals surface area (Å²) in [7, 11) is 0. The number of carboxylic acids is 1. The van der Waals surface area contributed by atoms with Gasteiger partial charge in [-0.25, -0.2) is 4.79 Å². The second-order valence-electron chi connectivity index (χ2n) is 8.87. The van der Waals surface area contributed by atoms with Gasteiger partial charge in [-0.2, -0.15) is 0 Å². The zero-order valence-corrected chi connectivity index (χ0v) is 21.5. The number of aliphatic carboxylic acids is 1. The van der Waals surface area contributed by atoms with Gasteiger partial charge in [0.1, 0.15) is 18.1 Å². The molecule has 0 aliphatic rings. The molecular formula is C22H42N8O6. The van der Waals surface area contributed by atoms with E-state index in [1.165, 1.54) is 0 Å². The smallest absolute Gasteiger partial charge is 0.326 e. The molecule has 36 heavy (non-hydrogen) atoms. The number of carbonyl (C=O) groups is 5. The van der Waals surface area contributed by atoms with Gasteiger partial charge >= 0.3 is 5.97 Å². The Kier molecular flexibility index (Phi) is 14.7. The molecule has 0 aliphatic carbocycles. The summed E-state index contributed by atoms with van der Waals surface area (Å²) in [5.41, 5.74) is 21.6. The summed E-state index contributed by atoms with van der Waals surface area (Å²) in [4.78, 5) is 65.5. The summed E-state index contributed by atoms with van der Waals surface area (Å²) in [6.45, 7) is 7.24. The van der Waals surface area contributed by atoms with Crippen LogP contribution < -0.4 is 38.9 Å². The summed E-state index contributed by atoms with van der Waals surface area (Å²) in [6.07, 6.45) is 1.06. The van der Waals surface area contributed by atoms with Crippen molar-refractivity contribution in [2.75, 3.05) is 6.54 Å². The van der Waals surface area contributed by atoms with E-state index in [4.69, 9.17) is 22.9 Å². The maximum absolute atomic E-state index is 13.0. The molecule has 0 rings (SSSR count). The molecule has 0 aromatic rings.